The molecule has 6 rings (SSSR count). The Morgan fingerprint density at radius 2 is 1.38 bits per heavy atom. The molecule has 556 valence electrons. The second kappa shape index (κ2) is 40.7. The number of carbonyl (C=O) groups is 11. The summed E-state index contributed by atoms with van der Waals surface area (Å²) in [5.74, 6) is -5.55. The summed E-state index contributed by atoms with van der Waals surface area (Å²) in [4.78, 5) is 163. The van der Waals surface area contributed by atoms with E-state index in [0.29, 0.717) is 87.7 Å². The number of nitrogens with zero attached hydrogens (tertiary/aromatic N) is 5. The van der Waals surface area contributed by atoms with E-state index in [4.69, 9.17) is 25.1 Å². The van der Waals surface area contributed by atoms with Gasteiger partial charge in [0.25, 0.3) is 0 Å². The van der Waals surface area contributed by atoms with Gasteiger partial charge in [-0.25, -0.2) is 19.6 Å². The summed E-state index contributed by atoms with van der Waals surface area (Å²) < 4.78 is 18.3. The van der Waals surface area contributed by atoms with Crippen LogP contribution in [0.2, 0.25) is 0 Å². The lowest BCUT2D eigenvalue weighted by atomic mass is 9.83. The maximum Gasteiger partial charge on any atom is 0.410 e. The van der Waals surface area contributed by atoms with Gasteiger partial charge in [-0.05, 0) is 111 Å². The number of unbranched alkanes of at least 4 members (excludes halogenated alkanes) is 3. The molecule has 5 N–H and O–H groups in total. The van der Waals surface area contributed by atoms with E-state index in [9.17, 15) is 47.9 Å². The van der Waals surface area contributed by atoms with Gasteiger partial charge in [0.2, 0.25) is 17.7 Å². The van der Waals surface area contributed by atoms with Gasteiger partial charge in [-0.15, -0.1) is 0 Å². The normalized spacial score (nSPS) is 19.5. The fourth-order valence-electron chi connectivity index (χ4n) is 15.3. The van der Waals surface area contributed by atoms with E-state index < -0.39 is 78.0 Å². The van der Waals surface area contributed by atoms with Crippen LogP contribution in [0.3, 0.4) is 0 Å². The topological polar surface area (TPSA) is 321 Å². The number of rotatable bonds is 45. The van der Waals surface area contributed by atoms with Crippen LogP contribution in [-0.4, -0.2) is 171 Å². The van der Waals surface area contributed by atoms with E-state index in [0.717, 1.165) is 18.4 Å². The van der Waals surface area contributed by atoms with Crippen LogP contribution in [0.15, 0.2) is 73.1 Å². The first-order chi connectivity index (χ1) is 48.2. The van der Waals surface area contributed by atoms with Crippen molar-refractivity contribution in [1.82, 2.24) is 35.3 Å². The molecule has 1 aromatic heterocycles. The average molecular weight is 1400 g/mol. The summed E-state index contributed by atoms with van der Waals surface area (Å²) in [6.07, 6.45) is 9.52. The van der Waals surface area contributed by atoms with Gasteiger partial charge in [-0.1, -0.05) is 129 Å². The number of ether oxygens (including phenoxy) is 3. The van der Waals surface area contributed by atoms with Crippen LogP contribution >= 0.6 is 0 Å². The molecule has 3 fully saturated rings. The van der Waals surface area contributed by atoms with Gasteiger partial charge in [0.05, 0.1) is 49.2 Å². The second-order valence-electron chi connectivity index (χ2n) is 29.3. The Morgan fingerprint density at radius 3 is 2.00 bits per heavy atom. The summed E-state index contributed by atoms with van der Waals surface area (Å²) in [5.41, 5.74) is 7.62. The number of nitrogens with two attached hydrogens (primary N) is 1. The Bertz CT molecular complexity index is 3220. The summed E-state index contributed by atoms with van der Waals surface area (Å²) in [5, 5.41) is 14.4. The zero-order valence-corrected chi connectivity index (χ0v) is 61.6. The molecule has 1 saturated carbocycles. The third kappa shape index (κ3) is 24.2. The number of hydrogen-bond acceptors (Lipinski definition) is 16. The predicted octanol–water partition coefficient (Wildman–Crippen LogP) is 10.4. The number of carboxylic acid groups (broad SMARTS) is 1. The zero-order chi connectivity index (χ0) is 74.0. The number of Topliss-reactive ketones (excluding diaryl/α,β-unsaturated/α-hetero) is 5. The van der Waals surface area contributed by atoms with Crippen LogP contribution in [0.5, 0.6) is 0 Å². The average Bonchev–Trinajstić information content (AvgIpc) is 1.62. The van der Waals surface area contributed by atoms with Gasteiger partial charge in [0, 0.05) is 121 Å². The predicted molar refractivity (Wildman–Crippen MR) is 382 cm³/mol. The third-order valence-corrected chi connectivity index (χ3v) is 21.4. The summed E-state index contributed by atoms with van der Waals surface area (Å²) in [7, 11) is 4.86. The van der Waals surface area contributed by atoms with Crippen LogP contribution in [0.4, 0.5) is 9.59 Å². The lowest BCUT2D eigenvalue weighted by molar-refractivity contribution is -0.149. The number of methoxy groups -OCH3 is 2. The number of primary amides is 1. The monoisotopic (exact) mass is 1400 g/mol. The molecule has 23 nitrogen and oxygen atoms in total. The first-order valence-corrected chi connectivity index (χ1v) is 36.8. The molecule has 2 unspecified atom stereocenters. The molecular weight excluding hydrogens is 1290 g/mol. The van der Waals surface area contributed by atoms with Crippen LogP contribution in [0.25, 0.3) is 0 Å². The number of urea groups is 1. The molecule has 0 radical (unpaired) electrons. The number of likely N-dealkylation sites (tertiary alicyclic amines) is 2. The van der Waals surface area contributed by atoms with Crippen molar-refractivity contribution in [2.24, 2.45) is 53.1 Å². The van der Waals surface area contributed by atoms with Crippen molar-refractivity contribution in [3.8, 4) is 0 Å². The molecule has 6 amide bonds. The highest BCUT2D eigenvalue weighted by Gasteiger charge is 2.53. The molecule has 3 aliphatic rings. The molecule has 1 aliphatic carbocycles. The number of fused-ring (bicyclic) bond motifs is 2. The summed E-state index contributed by atoms with van der Waals surface area (Å²) in [6, 6.07) is 15.1. The van der Waals surface area contributed by atoms with E-state index >= 15 is 4.79 Å². The molecule has 3 aromatic rings. The minimum Gasteiger partial charge on any atom is -0.481 e. The number of hydrogen-bond donors (Lipinski definition) is 4. The molecule has 23 heteroatoms. The Balaban J connectivity index is 1.04. The minimum atomic E-state index is -1.01. The van der Waals surface area contributed by atoms with Gasteiger partial charge < -0.3 is 45.5 Å². The first kappa shape index (κ1) is 82.2. The number of aromatic nitrogens is 2. The molecular formula is C78H114N8O15. The number of piperidine rings is 1. The molecule has 2 aromatic carbocycles. The lowest BCUT2D eigenvalue weighted by Crippen LogP contribution is -2.54. The van der Waals surface area contributed by atoms with Crippen LogP contribution in [0, 0.1) is 47.3 Å². The zero-order valence-electron chi connectivity index (χ0n) is 61.6. The van der Waals surface area contributed by atoms with Gasteiger partial charge in [-0.2, -0.15) is 0 Å². The van der Waals surface area contributed by atoms with Crippen molar-refractivity contribution >= 4 is 64.7 Å². The van der Waals surface area contributed by atoms with Crippen molar-refractivity contribution in [3.63, 3.8) is 0 Å². The highest BCUT2D eigenvalue weighted by molar-refractivity contribution is 5.94. The fraction of sp³-hybridized carbons (Fsp3) is 0.654. The first-order valence-electron chi connectivity index (χ1n) is 36.8. The summed E-state index contributed by atoms with van der Waals surface area (Å²) >= 11 is 0. The number of carboxylic acids is 1. The smallest absolute Gasteiger partial charge is 0.410 e. The van der Waals surface area contributed by atoms with E-state index in [1.165, 1.54) is 0 Å². The van der Waals surface area contributed by atoms with E-state index in [2.05, 4.69) is 20.6 Å². The van der Waals surface area contributed by atoms with Crippen LogP contribution in [0.1, 0.15) is 206 Å². The number of aliphatic carboxylic acids is 1. The Hall–Kier alpha value is -7.79. The molecule has 3 heterocycles. The Labute approximate surface area is 597 Å². The van der Waals surface area contributed by atoms with Crippen LogP contribution < -0.4 is 16.4 Å². The number of likely N-dealkylation sites (N-methyl/N-ethyl adjacent to an activating group) is 1. The number of benzene rings is 2. The van der Waals surface area contributed by atoms with Crippen molar-refractivity contribution in [1.29, 1.82) is 0 Å². The van der Waals surface area contributed by atoms with Gasteiger partial charge in [-0.3, -0.25) is 48.1 Å². The van der Waals surface area contributed by atoms with Gasteiger partial charge in [0.1, 0.15) is 29.8 Å². The molecule has 2 bridgehead atoms. The summed E-state index contributed by atoms with van der Waals surface area (Å²) in [6.45, 7) is 15.6. The molecule has 14 atom stereocenters. The molecule has 2 aliphatic heterocycles. The number of nitrogens with one attached hydrogen (secondary N) is 2. The maximum absolute atomic E-state index is 15.1. The second-order valence-corrected chi connectivity index (χ2v) is 29.3. The highest BCUT2D eigenvalue weighted by Crippen LogP contribution is 2.44. The maximum atomic E-state index is 15.1. The number of carbonyl (C=O) groups excluding carboxylic acids is 10. The quantitative estimate of drug-likeness (QED) is 0.0382. The highest BCUT2D eigenvalue weighted by atomic mass is 16.6. The van der Waals surface area contributed by atoms with Crippen LogP contribution in [-0.2, 0) is 76.8 Å². The van der Waals surface area contributed by atoms with Crippen molar-refractivity contribution in [2.75, 3.05) is 34.4 Å². The Morgan fingerprint density at radius 1 is 0.713 bits per heavy atom. The van der Waals surface area contributed by atoms with Gasteiger partial charge >= 0.3 is 18.1 Å². The lowest BCUT2D eigenvalue weighted by Gasteiger charge is -2.41. The number of amides is 6. The molecule has 101 heavy (non-hydrogen) atoms. The van der Waals surface area contributed by atoms with Gasteiger partial charge in [0.15, 0.2) is 11.6 Å². The van der Waals surface area contributed by atoms with Crippen molar-refractivity contribution in [2.45, 2.75) is 245 Å². The van der Waals surface area contributed by atoms with E-state index in [1.807, 2.05) is 83.7 Å². The largest absolute Gasteiger partial charge is 0.481 e. The fourth-order valence-corrected chi connectivity index (χ4v) is 15.3. The van der Waals surface area contributed by atoms with Crippen molar-refractivity contribution in [3.05, 3.63) is 95.6 Å². The molecule has 0 spiro atoms. The molecule has 2 saturated heterocycles. The standard InChI is InChI=1S/C78H114N8O15/c1-12-50(6)71(68(99-10)46-69(92)85-38-21-27-63(85)73(100-11)52(8)65(89)43-57(74-80-36-22-37-81-74)40-53-23-16-15-17-24-53)84(9)76(96)61(49(4)5)45-67(91)72-56-33-34-58(42-56)86(72)78(98)101-47-55-31-29-54(30-32-55)41-66(90)62(26-20-35-82-77(79)97)83-75(95)60(48(2)3)44-59(87)25-18-13-14-19-28-64(88)51(7)39-70(93)94/h15-17,22-24,29-32,36-37,48-52,56-58,60-63,68,71-73H,12-14,18-21,25-28,33-35,38-47H2,1-11H3,(H,83,95)(H,93,94)(H3,79,82,97)/t50-,51?,52-,56-,57-,58+,60-,61-,62-,63-,68+,71-,72?,73+/m0/s1. The minimum absolute atomic E-state index is 0.0110. The van der Waals surface area contributed by atoms with E-state index in [-0.39, 0.29) is 153 Å². The number of ketones is 5. The SMILES string of the molecule is CC[C@H](C)[C@@H]([C@@H](CC(=O)N1CCC[C@H]1[C@H](OC)[C@@H](C)C(=O)C[C@H](Cc1ccccc1)c1ncccn1)OC)N(C)C(=O)[C@@H](CC(=O)C1[C@H]2CC[C@H](C2)N1C(=O)OCc1ccc(CC(=O)[C@H](CCCNC(N)=O)NC(=O)[C@@H](CC(=O)CCCCCCC(=O)C(C)CC(=O)O)C(C)C)cc1)C(C)C. The van der Waals surface area contributed by atoms with Crippen molar-refractivity contribution < 1.29 is 72.1 Å². The Kier molecular flexibility index (Phi) is 33.1. The third-order valence-electron chi connectivity index (χ3n) is 21.4. The van der Waals surface area contributed by atoms with E-state index in [1.54, 1.807) is 80.7 Å².